The highest BCUT2D eigenvalue weighted by Crippen LogP contribution is 2.24. The number of nitrogens with zero attached hydrogens (tertiary/aromatic N) is 2. The van der Waals surface area contributed by atoms with Crippen LogP contribution >= 0.6 is 0 Å². The van der Waals surface area contributed by atoms with Gasteiger partial charge in [0.05, 0.1) is 18.1 Å². The minimum atomic E-state index is -0.264. The van der Waals surface area contributed by atoms with Crippen molar-refractivity contribution in [1.82, 2.24) is 4.90 Å². The highest BCUT2D eigenvalue weighted by atomic mass is 16.6. The summed E-state index contributed by atoms with van der Waals surface area (Å²) in [5.74, 6) is 0. The van der Waals surface area contributed by atoms with E-state index in [9.17, 15) is 10.1 Å². The van der Waals surface area contributed by atoms with Crippen LogP contribution in [-0.2, 0) is 11.2 Å². The molecule has 104 valence electrons. The van der Waals surface area contributed by atoms with Crippen molar-refractivity contribution in [3.05, 3.63) is 39.4 Å². The Hall–Kier alpha value is -1.46. The first-order chi connectivity index (χ1) is 9.18. The standard InChI is InChI=1S/C14H20N2O3/c1-12-4-2-5-13(14(12)16(17)18)6-3-7-15-8-10-19-11-9-15/h2,4-5H,3,6-11H2,1H3. The van der Waals surface area contributed by atoms with Crippen LogP contribution in [-0.4, -0.2) is 42.7 Å². The fraction of sp³-hybridized carbons (Fsp3) is 0.571. The molecule has 0 aromatic heterocycles. The molecule has 1 saturated heterocycles. The first kappa shape index (κ1) is 14.0. The molecule has 1 heterocycles. The number of ether oxygens (including phenoxy) is 1. The van der Waals surface area contributed by atoms with Gasteiger partial charge >= 0.3 is 0 Å². The van der Waals surface area contributed by atoms with Crippen LogP contribution in [0.3, 0.4) is 0 Å². The van der Waals surface area contributed by atoms with Crippen molar-refractivity contribution < 1.29 is 9.66 Å². The lowest BCUT2D eigenvalue weighted by Crippen LogP contribution is -2.36. The molecule has 19 heavy (non-hydrogen) atoms. The molecule has 0 unspecified atom stereocenters. The van der Waals surface area contributed by atoms with Crippen LogP contribution in [0.15, 0.2) is 18.2 Å². The zero-order valence-corrected chi connectivity index (χ0v) is 11.3. The van der Waals surface area contributed by atoms with Gasteiger partial charge in [0, 0.05) is 24.2 Å². The Kier molecular flexibility index (Phi) is 4.87. The van der Waals surface area contributed by atoms with E-state index in [4.69, 9.17) is 4.74 Å². The normalized spacial score (nSPS) is 16.5. The SMILES string of the molecule is Cc1cccc(CCCN2CCOCC2)c1[N+](=O)[O-]. The van der Waals surface area contributed by atoms with Gasteiger partial charge in [0.1, 0.15) is 0 Å². The summed E-state index contributed by atoms with van der Waals surface area (Å²) >= 11 is 0. The summed E-state index contributed by atoms with van der Waals surface area (Å²) in [5, 5.41) is 11.1. The molecule has 0 spiro atoms. The van der Waals surface area contributed by atoms with Gasteiger partial charge in [-0.25, -0.2) is 0 Å². The molecule has 0 saturated carbocycles. The number of morpholine rings is 1. The maximum atomic E-state index is 11.1. The molecule has 1 aromatic rings. The summed E-state index contributed by atoms with van der Waals surface area (Å²) in [6.45, 7) is 6.30. The van der Waals surface area contributed by atoms with Crippen LogP contribution < -0.4 is 0 Å². The third kappa shape index (κ3) is 3.75. The van der Waals surface area contributed by atoms with Crippen LogP contribution in [0.25, 0.3) is 0 Å². The van der Waals surface area contributed by atoms with Gasteiger partial charge in [-0.2, -0.15) is 0 Å². The van der Waals surface area contributed by atoms with Gasteiger partial charge in [-0.3, -0.25) is 15.0 Å². The quantitative estimate of drug-likeness (QED) is 0.604. The maximum absolute atomic E-state index is 11.1. The maximum Gasteiger partial charge on any atom is 0.275 e. The van der Waals surface area contributed by atoms with Gasteiger partial charge in [-0.1, -0.05) is 18.2 Å². The Morgan fingerprint density at radius 3 is 2.79 bits per heavy atom. The van der Waals surface area contributed by atoms with Crippen LogP contribution in [0.1, 0.15) is 17.5 Å². The van der Waals surface area contributed by atoms with Crippen molar-refractivity contribution in [2.45, 2.75) is 19.8 Å². The summed E-state index contributed by atoms with van der Waals surface area (Å²) in [6.07, 6.45) is 1.71. The molecule has 1 aliphatic heterocycles. The number of benzene rings is 1. The zero-order valence-electron chi connectivity index (χ0n) is 11.3. The van der Waals surface area contributed by atoms with Crippen LogP contribution in [0, 0.1) is 17.0 Å². The second kappa shape index (κ2) is 6.63. The number of hydrogen-bond acceptors (Lipinski definition) is 4. The molecule has 0 aliphatic carbocycles. The molecule has 1 aromatic carbocycles. The van der Waals surface area contributed by atoms with Gasteiger partial charge < -0.3 is 4.74 Å². The second-order valence-electron chi connectivity index (χ2n) is 4.90. The van der Waals surface area contributed by atoms with E-state index >= 15 is 0 Å². The molecule has 5 nitrogen and oxygen atoms in total. The van der Waals surface area contributed by atoms with Crippen LogP contribution in [0.4, 0.5) is 5.69 Å². The number of hydrogen-bond donors (Lipinski definition) is 0. The molecule has 0 bridgehead atoms. The average Bonchev–Trinajstić information content (AvgIpc) is 2.39. The Morgan fingerprint density at radius 2 is 2.11 bits per heavy atom. The lowest BCUT2D eigenvalue weighted by Gasteiger charge is -2.26. The minimum absolute atomic E-state index is 0.264. The van der Waals surface area contributed by atoms with Gasteiger partial charge in [-0.05, 0) is 26.3 Å². The molecule has 1 fully saturated rings. The van der Waals surface area contributed by atoms with Crippen molar-refractivity contribution in [2.75, 3.05) is 32.8 Å². The van der Waals surface area contributed by atoms with Crippen molar-refractivity contribution in [1.29, 1.82) is 0 Å². The number of rotatable bonds is 5. The van der Waals surface area contributed by atoms with E-state index in [1.165, 1.54) is 0 Å². The van der Waals surface area contributed by atoms with Gasteiger partial charge in [0.15, 0.2) is 0 Å². The molecular formula is C14H20N2O3. The summed E-state index contributed by atoms with van der Waals surface area (Å²) < 4.78 is 5.30. The van der Waals surface area contributed by atoms with E-state index in [0.29, 0.717) is 0 Å². The highest BCUT2D eigenvalue weighted by molar-refractivity contribution is 5.47. The molecule has 1 aliphatic rings. The summed E-state index contributed by atoms with van der Waals surface area (Å²) in [4.78, 5) is 13.2. The molecule has 0 atom stereocenters. The van der Waals surface area contributed by atoms with E-state index in [-0.39, 0.29) is 10.6 Å². The molecule has 0 amide bonds. The van der Waals surface area contributed by atoms with Crippen LogP contribution in [0.5, 0.6) is 0 Å². The lowest BCUT2D eigenvalue weighted by atomic mass is 10.0. The lowest BCUT2D eigenvalue weighted by molar-refractivity contribution is -0.386. The highest BCUT2D eigenvalue weighted by Gasteiger charge is 2.17. The van der Waals surface area contributed by atoms with Crippen molar-refractivity contribution in [3.8, 4) is 0 Å². The van der Waals surface area contributed by atoms with E-state index in [1.807, 2.05) is 12.1 Å². The first-order valence-corrected chi connectivity index (χ1v) is 6.71. The molecule has 5 heteroatoms. The molecular weight excluding hydrogens is 244 g/mol. The summed E-state index contributed by atoms with van der Waals surface area (Å²) in [7, 11) is 0. The molecule has 2 rings (SSSR count). The molecule has 0 N–H and O–H groups in total. The third-order valence-corrected chi connectivity index (χ3v) is 3.53. The van der Waals surface area contributed by atoms with E-state index in [2.05, 4.69) is 4.90 Å². The van der Waals surface area contributed by atoms with E-state index in [0.717, 1.165) is 56.8 Å². The third-order valence-electron chi connectivity index (χ3n) is 3.53. The largest absolute Gasteiger partial charge is 0.379 e. The predicted octanol–water partition coefficient (Wildman–Crippen LogP) is 2.17. The Morgan fingerprint density at radius 1 is 1.37 bits per heavy atom. The number of nitro benzene ring substituents is 1. The number of nitro groups is 1. The monoisotopic (exact) mass is 264 g/mol. The fourth-order valence-corrected chi connectivity index (χ4v) is 2.50. The topological polar surface area (TPSA) is 55.6 Å². The van der Waals surface area contributed by atoms with Crippen molar-refractivity contribution in [3.63, 3.8) is 0 Å². The van der Waals surface area contributed by atoms with E-state index in [1.54, 1.807) is 13.0 Å². The average molecular weight is 264 g/mol. The van der Waals surface area contributed by atoms with Crippen molar-refractivity contribution in [2.24, 2.45) is 0 Å². The van der Waals surface area contributed by atoms with Gasteiger partial charge in [0.25, 0.3) is 5.69 Å². The first-order valence-electron chi connectivity index (χ1n) is 6.71. The van der Waals surface area contributed by atoms with Gasteiger partial charge in [0.2, 0.25) is 0 Å². The van der Waals surface area contributed by atoms with Gasteiger partial charge in [-0.15, -0.1) is 0 Å². The summed E-state index contributed by atoms with van der Waals surface area (Å²) in [6, 6.07) is 5.56. The Bertz CT molecular complexity index is 442. The summed E-state index contributed by atoms with van der Waals surface area (Å²) in [5.41, 5.74) is 1.87. The Labute approximate surface area is 113 Å². The molecule has 0 radical (unpaired) electrons. The minimum Gasteiger partial charge on any atom is -0.379 e. The smallest absolute Gasteiger partial charge is 0.275 e. The predicted molar refractivity (Wildman–Crippen MR) is 73.4 cm³/mol. The number of aryl methyl sites for hydroxylation is 2. The Balaban J connectivity index is 1.92. The van der Waals surface area contributed by atoms with Crippen LogP contribution in [0.2, 0.25) is 0 Å². The fourth-order valence-electron chi connectivity index (χ4n) is 2.50. The van der Waals surface area contributed by atoms with Crippen molar-refractivity contribution >= 4 is 5.69 Å². The second-order valence-corrected chi connectivity index (χ2v) is 4.90. The number of para-hydroxylation sites is 1. The zero-order chi connectivity index (χ0) is 13.7. The van der Waals surface area contributed by atoms with E-state index < -0.39 is 0 Å².